The number of H-pyrrole nitrogens is 2. The van der Waals surface area contributed by atoms with Gasteiger partial charge in [0.2, 0.25) is 5.91 Å². The molecular formula is C49H52N8O9. The summed E-state index contributed by atoms with van der Waals surface area (Å²) in [4.78, 5) is 86.9. The molecule has 2 aliphatic heterocycles. The molecule has 6 atom stereocenters. The number of imidazole rings is 2. The van der Waals surface area contributed by atoms with E-state index in [-0.39, 0.29) is 35.7 Å². The van der Waals surface area contributed by atoms with E-state index >= 15 is 0 Å². The number of likely N-dealkylation sites (tertiary alicyclic amines) is 2. The summed E-state index contributed by atoms with van der Waals surface area (Å²) >= 11 is 0. The molecule has 2 saturated heterocycles. The van der Waals surface area contributed by atoms with E-state index in [2.05, 4.69) is 20.6 Å². The molecule has 4 aromatic carbocycles. The number of aromatic amines is 2. The number of aromatic nitrogens is 4. The number of fused-ring (bicyclic) bond motifs is 6. The molecule has 2 aliphatic rings. The van der Waals surface area contributed by atoms with E-state index in [0.717, 1.165) is 28.1 Å². The summed E-state index contributed by atoms with van der Waals surface area (Å²) in [6.07, 6.45) is 2.34. The van der Waals surface area contributed by atoms with Crippen molar-refractivity contribution in [3.8, 4) is 11.3 Å². The predicted octanol–water partition coefficient (Wildman–Crippen LogP) is 7.43. The SMILES string of the molecule is COC[C@H]1CC(c2ncc(-c3ccc4c(c3)c(=O)oc3cc5c(ccc6[nH]c([C@@H]7CC[C@H](C)N7C(=O)[C@@H](NC(=O)OC)C(C)C)nc65)cc34)[nH]2)N(C(=O)[C@H](NC(=O)OC)c2ccccc2)C1. The molecule has 0 radical (unpaired) electrons. The number of ether oxygens (including phenoxy) is 3. The zero-order valence-electron chi connectivity index (χ0n) is 37.5. The third-order valence-electron chi connectivity index (χ3n) is 13.1. The highest BCUT2D eigenvalue weighted by atomic mass is 16.5. The van der Waals surface area contributed by atoms with Gasteiger partial charge in [-0.05, 0) is 72.7 Å². The maximum absolute atomic E-state index is 14.3. The van der Waals surface area contributed by atoms with Crippen LogP contribution in [-0.4, -0.2) is 100 Å². The average Bonchev–Trinajstić information content (AvgIpc) is 4.15. The summed E-state index contributed by atoms with van der Waals surface area (Å²) in [6, 6.07) is 19.8. The molecule has 66 heavy (non-hydrogen) atoms. The van der Waals surface area contributed by atoms with Crippen LogP contribution in [0.5, 0.6) is 0 Å². The number of benzene rings is 4. The largest absolute Gasteiger partial charge is 0.453 e. The molecule has 1 unspecified atom stereocenters. The van der Waals surface area contributed by atoms with Gasteiger partial charge in [0.1, 0.15) is 29.3 Å². The smallest absolute Gasteiger partial charge is 0.407 e. The van der Waals surface area contributed by atoms with E-state index in [1.165, 1.54) is 14.2 Å². The number of carbonyl (C=O) groups excluding carboxylic acids is 4. The second-order valence-electron chi connectivity index (χ2n) is 17.6. The molecule has 0 bridgehead atoms. The maximum atomic E-state index is 14.3. The molecule has 0 saturated carbocycles. The first-order chi connectivity index (χ1) is 31.9. The summed E-state index contributed by atoms with van der Waals surface area (Å²) in [5, 5.41) is 8.94. The average molecular weight is 897 g/mol. The van der Waals surface area contributed by atoms with Crippen molar-refractivity contribution in [1.29, 1.82) is 0 Å². The number of methoxy groups -OCH3 is 3. The normalized spacial score (nSPS) is 19.5. The number of nitrogens with one attached hydrogen (secondary N) is 4. The molecule has 7 aromatic rings. The summed E-state index contributed by atoms with van der Waals surface area (Å²) < 4.78 is 21.2. The number of carbonyl (C=O) groups is 4. The fourth-order valence-corrected chi connectivity index (χ4v) is 9.76. The van der Waals surface area contributed by atoms with E-state index in [1.807, 2.05) is 68.1 Å². The van der Waals surface area contributed by atoms with Crippen molar-refractivity contribution in [3.63, 3.8) is 0 Å². The van der Waals surface area contributed by atoms with Gasteiger partial charge in [0.15, 0.2) is 0 Å². The van der Waals surface area contributed by atoms with Crippen LogP contribution >= 0.6 is 0 Å². The number of alkyl carbamates (subject to hydrolysis) is 2. The molecule has 17 heteroatoms. The van der Waals surface area contributed by atoms with Gasteiger partial charge in [-0.1, -0.05) is 62.4 Å². The highest BCUT2D eigenvalue weighted by molar-refractivity contribution is 6.14. The summed E-state index contributed by atoms with van der Waals surface area (Å²) in [5.74, 6) is 0.541. The Labute approximate surface area is 379 Å². The van der Waals surface area contributed by atoms with E-state index in [9.17, 15) is 24.0 Å². The third-order valence-corrected chi connectivity index (χ3v) is 13.1. The monoisotopic (exact) mass is 896 g/mol. The Hall–Kier alpha value is -7.27. The number of nitrogens with zero attached hydrogens (tertiary/aromatic N) is 4. The van der Waals surface area contributed by atoms with Crippen LogP contribution in [0.4, 0.5) is 9.59 Å². The van der Waals surface area contributed by atoms with Gasteiger partial charge in [0, 0.05) is 42.0 Å². The van der Waals surface area contributed by atoms with E-state index in [1.54, 1.807) is 48.5 Å². The van der Waals surface area contributed by atoms with Crippen LogP contribution in [0.2, 0.25) is 0 Å². The Morgan fingerprint density at radius 3 is 2.35 bits per heavy atom. The van der Waals surface area contributed by atoms with Gasteiger partial charge in [-0.25, -0.2) is 24.4 Å². The number of hydrogen-bond acceptors (Lipinski definition) is 11. The molecule has 0 aliphatic carbocycles. The van der Waals surface area contributed by atoms with Crippen LogP contribution in [0.3, 0.4) is 0 Å². The molecule has 342 valence electrons. The molecule has 4 N–H and O–H groups in total. The maximum Gasteiger partial charge on any atom is 0.407 e. The molecule has 4 amide bonds. The van der Waals surface area contributed by atoms with Crippen molar-refractivity contribution in [2.75, 3.05) is 34.5 Å². The van der Waals surface area contributed by atoms with Crippen molar-refractivity contribution in [3.05, 3.63) is 107 Å². The zero-order valence-corrected chi connectivity index (χ0v) is 37.5. The topological polar surface area (TPSA) is 214 Å². The van der Waals surface area contributed by atoms with Crippen LogP contribution < -0.4 is 16.3 Å². The first-order valence-corrected chi connectivity index (χ1v) is 22.1. The first kappa shape index (κ1) is 44.0. The number of hydrogen-bond donors (Lipinski definition) is 4. The minimum Gasteiger partial charge on any atom is -0.453 e. The summed E-state index contributed by atoms with van der Waals surface area (Å²) in [5.41, 5.74) is 3.31. The standard InChI is InChI=1S/C49H52N8O9/c1-25(2)40(54-48(61)64-5)46(59)57-26(3)12-17-37(57)44-51-35-16-14-29-19-33-31-15-13-30(20-34(31)47(60)66-39(33)21-32(29)42(35)53-44)36-22-50-43(52-36)38-18-27(24-63-4)23-56(38)45(58)41(55-49(62)65-6)28-10-8-7-9-11-28/h7-11,13-16,19-22,25-27,37-38,40-41H,12,17-18,23-24H2,1-6H3,(H,50,52)(H,51,53)(H,54,61)(H,55,62)/t26-,27-,37-,38?,40-,41+/m0/s1. The fourth-order valence-electron chi connectivity index (χ4n) is 9.76. The fraction of sp³-hybridized carbons (Fsp3) is 0.367. The van der Waals surface area contributed by atoms with Gasteiger partial charge in [0.25, 0.3) is 5.91 Å². The van der Waals surface area contributed by atoms with Gasteiger partial charge in [-0.15, -0.1) is 0 Å². The lowest BCUT2D eigenvalue weighted by Gasteiger charge is -2.32. The Bertz CT molecular complexity index is 3050. The van der Waals surface area contributed by atoms with Crippen molar-refractivity contribution in [2.24, 2.45) is 11.8 Å². The summed E-state index contributed by atoms with van der Waals surface area (Å²) in [7, 11) is 4.15. The van der Waals surface area contributed by atoms with Gasteiger partial charge in [0.05, 0.1) is 61.2 Å². The second-order valence-corrected chi connectivity index (χ2v) is 17.6. The molecule has 3 aromatic heterocycles. The minimum absolute atomic E-state index is 0.0193. The lowest BCUT2D eigenvalue weighted by Crippen LogP contribution is -2.52. The second kappa shape index (κ2) is 18.0. The van der Waals surface area contributed by atoms with Crippen LogP contribution in [-0.2, 0) is 23.8 Å². The molecule has 17 nitrogen and oxygen atoms in total. The van der Waals surface area contributed by atoms with Crippen LogP contribution in [0, 0.1) is 11.8 Å². The van der Waals surface area contributed by atoms with E-state index in [4.69, 9.17) is 28.6 Å². The van der Waals surface area contributed by atoms with Crippen molar-refractivity contribution >= 4 is 67.5 Å². The van der Waals surface area contributed by atoms with E-state index in [0.29, 0.717) is 76.3 Å². The highest BCUT2D eigenvalue weighted by Crippen LogP contribution is 2.40. The van der Waals surface area contributed by atoms with E-state index < -0.39 is 35.9 Å². The Morgan fingerprint density at radius 1 is 0.833 bits per heavy atom. The first-order valence-electron chi connectivity index (χ1n) is 22.1. The van der Waals surface area contributed by atoms with Crippen LogP contribution in [0.1, 0.15) is 75.4 Å². The third kappa shape index (κ3) is 8.07. The van der Waals surface area contributed by atoms with Gasteiger partial charge in [-0.3, -0.25) is 9.59 Å². The molecule has 2 fully saturated rings. The van der Waals surface area contributed by atoms with Crippen LogP contribution in [0.25, 0.3) is 54.8 Å². The summed E-state index contributed by atoms with van der Waals surface area (Å²) in [6.45, 7) is 6.59. The highest BCUT2D eigenvalue weighted by Gasteiger charge is 2.43. The van der Waals surface area contributed by atoms with Crippen molar-refractivity contribution in [2.45, 2.75) is 70.2 Å². The minimum atomic E-state index is -0.989. The molecule has 9 rings (SSSR count). The predicted molar refractivity (Wildman–Crippen MR) is 246 cm³/mol. The van der Waals surface area contributed by atoms with Gasteiger partial charge >= 0.3 is 17.8 Å². The van der Waals surface area contributed by atoms with Crippen LogP contribution in [0.15, 0.2) is 88.2 Å². The Morgan fingerprint density at radius 2 is 1.61 bits per heavy atom. The van der Waals surface area contributed by atoms with Gasteiger partial charge in [-0.2, -0.15) is 0 Å². The lowest BCUT2D eigenvalue weighted by atomic mass is 10.0. The number of rotatable bonds is 11. The molecular weight excluding hydrogens is 845 g/mol. The lowest BCUT2D eigenvalue weighted by molar-refractivity contribution is -0.137. The van der Waals surface area contributed by atoms with Crippen molar-refractivity contribution in [1.82, 2.24) is 40.4 Å². The molecule has 5 heterocycles. The quantitative estimate of drug-likeness (QED) is 0.0569. The Kier molecular flexibility index (Phi) is 12.0. The molecule has 0 spiro atoms. The number of amides is 4. The van der Waals surface area contributed by atoms with Crippen molar-refractivity contribution < 1.29 is 37.8 Å². The zero-order chi connectivity index (χ0) is 46.4. The van der Waals surface area contributed by atoms with Gasteiger partial charge < -0.3 is 49.0 Å². The Balaban J connectivity index is 1.02.